The van der Waals surface area contributed by atoms with Crippen LogP contribution in [0.4, 0.5) is 0 Å². The average molecular weight is 316 g/mol. The molecule has 0 saturated carbocycles. The van der Waals surface area contributed by atoms with Crippen molar-refractivity contribution in [2.75, 3.05) is 7.11 Å². The fourth-order valence-corrected chi connectivity index (χ4v) is 2.30. The van der Waals surface area contributed by atoms with Gasteiger partial charge in [-0.25, -0.2) is 4.79 Å². The van der Waals surface area contributed by atoms with E-state index in [1.54, 1.807) is 13.0 Å². The van der Waals surface area contributed by atoms with Crippen molar-refractivity contribution in [1.29, 1.82) is 0 Å². The monoisotopic (exact) mass is 316 g/mol. The van der Waals surface area contributed by atoms with Crippen molar-refractivity contribution < 1.29 is 29.2 Å². The van der Waals surface area contributed by atoms with Crippen molar-refractivity contribution in [2.24, 2.45) is 0 Å². The van der Waals surface area contributed by atoms with Gasteiger partial charge in [0.25, 0.3) is 0 Å². The molecule has 0 aromatic heterocycles. The summed E-state index contributed by atoms with van der Waals surface area (Å²) in [6.07, 6.45) is 4.58. The second kappa shape index (κ2) is 9.94. The van der Waals surface area contributed by atoms with E-state index in [2.05, 4.69) is 4.74 Å². The highest BCUT2D eigenvalue weighted by Gasteiger charge is 2.35. The zero-order valence-corrected chi connectivity index (χ0v) is 13.6. The summed E-state index contributed by atoms with van der Waals surface area (Å²) in [6.45, 7) is 3.71. The van der Waals surface area contributed by atoms with Crippen LogP contribution < -0.4 is 0 Å². The summed E-state index contributed by atoms with van der Waals surface area (Å²) in [5, 5.41) is 19.5. The van der Waals surface area contributed by atoms with Crippen molar-refractivity contribution in [3.05, 3.63) is 12.2 Å². The Kier molecular flexibility index (Phi) is 8.63. The summed E-state index contributed by atoms with van der Waals surface area (Å²) in [6, 6.07) is 0. The summed E-state index contributed by atoms with van der Waals surface area (Å²) in [4.78, 5) is 10.9. The molecule has 0 bridgehead atoms. The van der Waals surface area contributed by atoms with Gasteiger partial charge >= 0.3 is 5.97 Å². The lowest BCUT2D eigenvalue weighted by molar-refractivity contribution is -0.273. The lowest BCUT2D eigenvalue weighted by atomic mass is 10.0. The molecule has 1 fully saturated rings. The van der Waals surface area contributed by atoms with Gasteiger partial charge in [0.1, 0.15) is 6.10 Å². The second-order valence-electron chi connectivity index (χ2n) is 5.74. The SMILES string of the molecule is COC(=O)/C=C/CCCC[C@H](C)O[C@@H]1OC(C)[C@H](O)CC1O. The van der Waals surface area contributed by atoms with Gasteiger partial charge in [0, 0.05) is 12.5 Å². The van der Waals surface area contributed by atoms with Crippen molar-refractivity contribution >= 4 is 5.97 Å². The summed E-state index contributed by atoms with van der Waals surface area (Å²) in [7, 11) is 1.35. The second-order valence-corrected chi connectivity index (χ2v) is 5.74. The first-order valence-electron chi connectivity index (χ1n) is 7.85. The molecule has 2 N–H and O–H groups in total. The molecule has 1 heterocycles. The third kappa shape index (κ3) is 6.87. The van der Waals surface area contributed by atoms with E-state index >= 15 is 0 Å². The number of hydrogen-bond donors (Lipinski definition) is 2. The highest BCUT2D eigenvalue weighted by molar-refractivity contribution is 5.81. The summed E-state index contributed by atoms with van der Waals surface area (Å²) in [5.41, 5.74) is 0. The molecule has 5 atom stereocenters. The van der Waals surface area contributed by atoms with Gasteiger partial charge in [0.2, 0.25) is 0 Å². The lowest BCUT2D eigenvalue weighted by Gasteiger charge is -2.36. The van der Waals surface area contributed by atoms with E-state index in [0.717, 1.165) is 25.7 Å². The molecule has 1 rings (SSSR count). The standard InChI is InChI=1S/C16H28O6/c1-11(8-6-4-5-7-9-15(19)20-3)21-16-14(18)10-13(17)12(2)22-16/h7,9,11-14,16-18H,4-6,8,10H2,1-3H3/b9-7+/t11-,12?,13+,14?,16+/m0/s1. The van der Waals surface area contributed by atoms with E-state index in [4.69, 9.17) is 9.47 Å². The number of allylic oxidation sites excluding steroid dienone is 1. The highest BCUT2D eigenvalue weighted by atomic mass is 16.7. The molecular formula is C16H28O6. The van der Waals surface area contributed by atoms with E-state index < -0.39 is 18.5 Å². The topological polar surface area (TPSA) is 85.2 Å². The number of rotatable bonds is 8. The Balaban J connectivity index is 2.16. The van der Waals surface area contributed by atoms with Gasteiger partial charge in [0.05, 0.1) is 25.4 Å². The first-order chi connectivity index (χ1) is 10.4. The third-order valence-electron chi connectivity index (χ3n) is 3.74. The number of carbonyl (C=O) groups is 1. The van der Waals surface area contributed by atoms with Gasteiger partial charge in [-0.3, -0.25) is 0 Å². The third-order valence-corrected chi connectivity index (χ3v) is 3.74. The number of aliphatic hydroxyl groups excluding tert-OH is 2. The minimum atomic E-state index is -0.795. The Labute approximate surface area is 132 Å². The number of methoxy groups -OCH3 is 1. The van der Waals surface area contributed by atoms with Crippen LogP contribution in [0.25, 0.3) is 0 Å². The Bertz CT molecular complexity index is 357. The zero-order valence-electron chi connectivity index (χ0n) is 13.6. The smallest absolute Gasteiger partial charge is 0.330 e. The van der Waals surface area contributed by atoms with Gasteiger partial charge in [-0.2, -0.15) is 0 Å². The molecule has 22 heavy (non-hydrogen) atoms. The van der Waals surface area contributed by atoms with Gasteiger partial charge in [-0.1, -0.05) is 12.5 Å². The number of unbranched alkanes of at least 4 members (excludes halogenated alkanes) is 2. The molecule has 0 amide bonds. The van der Waals surface area contributed by atoms with Crippen LogP contribution in [0.15, 0.2) is 12.2 Å². The first kappa shape index (κ1) is 19.1. The summed E-state index contributed by atoms with van der Waals surface area (Å²) in [5.74, 6) is -0.337. The number of ether oxygens (including phenoxy) is 3. The van der Waals surface area contributed by atoms with Crippen LogP contribution in [0.3, 0.4) is 0 Å². The fraction of sp³-hybridized carbons (Fsp3) is 0.812. The number of hydrogen-bond acceptors (Lipinski definition) is 6. The molecule has 2 unspecified atom stereocenters. The summed E-state index contributed by atoms with van der Waals surface area (Å²) >= 11 is 0. The largest absolute Gasteiger partial charge is 0.466 e. The van der Waals surface area contributed by atoms with E-state index in [-0.39, 0.29) is 24.6 Å². The van der Waals surface area contributed by atoms with Crippen molar-refractivity contribution in [3.8, 4) is 0 Å². The summed E-state index contributed by atoms with van der Waals surface area (Å²) < 4.78 is 15.7. The number of carbonyl (C=O) groups excluding carboxylic acids is 1. The molecule has 1 aliphatic rings. The molecule has 1 aliphatic heterocycles. The molecule has 6 nitrogen and oxygen atoms in total. The maximum atomic E-state index is 10.9. The van der Waals surface area contributed by atoms with Crippen LogP contribution in [-0.2, 0) is 19.0 Å². The highest BCUT2D eigenvalue weighted by Crippen LogP contribution is 2.23. The van der Waals surface area contributed by atoms with Crippen LogP contribution in [0.2, 0.25) is 0 Å². The molecule has 6 heteroatoms. The molecule has 128 valence electrons. The van der Waals surface area contributed by atoms with Crippen LogP contribution in [0.5, 0.6) is 0 Å². The molecule has 0 spiro atoms. The predicted octanol–water partition coefficient (Wildman–Crippen LogP) is 1.54. The maximum Gasteiger partial charge on any atom is 0.330 e. The van der Waals surface area contributed by atoms with Crippen molar-refractivity contribution in [3.63, 3.8) is 0 Å². The van der Waals surface area contributed by atoms with Crippen molar-refractivity contribution in [1.82, 2.24) is 0 Å². The van der Waals surface area contributed by atoms with Gasteiger partial charge in [-0.15, -0.1) is 0 Å². The Morgan fingerprint density at radius 2 is 2.09 bits per heavy atom. The molecular weight excluding hydrogens is 288 g/mol. The van der Waals surface area contributed by atoms with Crippen LogP contribution in [-0.4, -0.2) is 54.0 Å². The minimum absolute atomic E-state index is 0.0355. The quantitative estimate of drug-likeness (QED) is 0.401. The minimum Gasteiger partial charge on any atom is -0.466 e. The van der Waals surface area contributed by atoms with E-state index in [9.17, 15) is 15.0 Å². The lowest BCUT2D eigenvalue weighted by Crippen LogP contribution is -2.48. The molecule has 0 aromatic rings. The number of esters is 1. The molecule has 0 aromatic carbocycles. The van der Waals surface area contributed by atoms with Gasteiger partial charge < -0.3 is 24.4 Å². The molecule has 1 saturated heterocycles. The van der Waals surface area contributed by atoms with Crippen LogP contribution in [0, 0.1) is 0 Å². The van der Waals surface area contributed by atoms with E-state index in [0.29, 0.717) is 0 Å². The van der Waals surface area contributed by atoms with E-state index in [1.165, 1.54) is 13.2 Å². The number of aliphatic hydroxyl groups is 2. The zero-order chi connectivity index (χ0) is 16.5. The Morgan fingerprint density at radius 1 is 1.36 bits per heavy atom. The molecule has 0 aliphatic carbocycles. The maximum absolute atomic E-state index is 10.9. The predicted molar refractivity (Wildman–Crippen MR) is 81.1 cm³/mol. The average Bonchev–Trinajstić information content (AvgIpc) is 2.48. The normalized spacial score (nSPS) is 30.4. The Hall–Kier alpha value is -0.950. The molecule has 0 radical (unpaired) electrons. The van der Waals surface area contributed by atoms with Crippen LogP contribution >= 0.6 is 0 Å². The van der Waals surface area contributed by atoms with Gasteiger partial charge in [0.15, 0.2) is 6.29 Å². The van der Waals surface area contributed by atoms with Crippen LogP contribution in [0.1, 0.15) is 46.0 Å². The first-order valence-corrected chi connectivity index (χ1v) is 7.85. The Morgan fingerprint density at radius 3 is 2.77 bits per heavy atom. The van der Waals surface area contributed by atoms with Gasteiger partial charge in [-0.05, 0) is 33.1 Å². The van der Waals surface area contributed by atoms with Crippen molar-refractivity contribution in [2.45, 2.75) is 76.7 Å². The fourth-order valence-electron chi connectivity index (χ4n) is 2.30. The van der Waals surface area contributed by atoms with E-state index in [1.807, 2.05) is 6.92 Å².